The first kappa shape index (κ1) is 15.6. The second-order valence-corrected chi connectivity index (χ2v) is 5.97. The minimum atomic E-state index is -0.710. The Bertz CT molecular complexity index is 680. The van der Waals surface area contributed by atoms with Gasteiger partial charge in [0, 0.05) is 18.5 Å². The highest BCUT2D eigenvalue weighted by Crippen LogP contribution is 2.30. The van der Waals surface area contributed by atoms with Crippen molar-refractivity contribution in [2.24, 2.45) is 0 Å². The SMILES string of the molecule is Cc1ccccc1[C@H](O)CNC(=O)N[C@@H]1CCCc2occc21. The van der Waals surface area contributed by atoms with E-state index in [0.717, 1.165) is 41.7 Å². The molecule has 0 spiro atoms. The van der Waals surface area contributed by atoms with Crippen LogP contribution < -0.4 is 10.6 Å². The zero-order valence-electron chi connectivity index (χ0n) is 13.2. The topological polar surface area (TPSA) is 74.5 Å². The van der Waals surface area contributed by atoms with Crippen molar-refractivity contribution in [3.05, 3.63) is 59.0 Å². The van der Waals surface area contributed by atoms with Crippen LogP contribution in [0.15, 0.2) is 41.0 Å². The van der Waals surface area contributed by atoms with Gasteiger partial charge in [0.1, 0.15) is 5.76 Å². The number of aliphatic hydroxyl groups excluding tert-OH is 1. The number of amides is 2. The van der Waals surface area contributed by atoms with E-state index in [1.807, 2.05) is 37.3 Å². The number of hydrogen-bond donors (Lipinski definition) is 3. The number of fused-ring (bicyclic) bond motifs is 1. The lowest BCUT2D eigenvalue weighted by Gasteiger charge is -2.23. The number of nitrogens with one attached hydrogen (secondary N) is 2. The first-order valence-electron chi connectivity index (χ1n) is 7.99. The van der Waals surface area contributed by atoms with Crippen molar-refractivity contribution >= 4 is 6.03 Å². The predicted octanol–water partition coefficient (Wildman–Crippen LogP) is 3.00. The lowest BCUT2D eigenvalue weighted by Crippen LogP contribution is -2.40. The summed E-state index contributed by atoms with van der Waals surface area (Å²) in [6.45, 7) is 2.13. The van der Waals surface area contributed by atoms with E-state index in [-0.39, 0.29) is 18.6 Å². The Kier molecular flexibility index (Phi) is 4.67. The number of aliphatic hydroxyl groups is 1. The number of aryl methyl sites for hydroxylation is 2. The Morgan fingerprint density at radius 2 is 2.22 bits per heavy atom. The molecule has 122 valence electrons. The molecule has 2 amide bonds. The van der Waals surface area contributed by atoms with Gasteiger partial charge < -0.3 is 20.2 Å². The van der Waals surface area contributed by atoms with Crippen molar-refractivity contribution in [2.45, 2.75) is 38.3 Å². The van der Waals surface area contributed by atoms with E-state index >= 15 is 0 Å². The number of furan rings is 1. The second kappa shape index (κ2) is 6.87. The third kappa shape index (κ3) is 3.56. The summed E-state index contributed by atoms with van der Waals surface area (Å²) in [5.41, 5.74) is 2.91. The number of carbonyl (C=O) groups excluding carboxylic acids is 1. The van der Waals surface area contributed by atoms with Gasteiger partial charge in [-0.15, -0.1) is 0 Å². The highest BCUT2D eigenvalue weighted by atomic mass is 16.3. The summed E-state index contributed by atoms with van der Waals surface area (Å²) < 4.78 is 5.43. The molecule has 1 aromatic heterocycles. The maximum atomic E-state index is 12.1. The van der Waals surface area contributed by atoms with Crippen LogP contribution in [0.1, 0.15) is 47.4 Å². The normalized spacial score (nSPS) is 18.1. The molecule has 5 heteroatoms. The molecule has 23 heavy (non-hydrogen) atoms. The Morgan fingerprint density at radius 1 is 1.39 bits per heavy atom. The molecular formula is C18H22N2O3. The van der Waals surface area contributed by atoms with Gasteiger partial charge in [-0.05, 0) is 37.0 Å². The Balaban J connectivity index is 1.54. The van der Waals surface area contributed by atoms with E-state index in [1.54, 1.807) is 6.26 Å². The first-order chi connectivity index (χ1) is 11.1. The molecule has 0 bridgehead atoms. The van der Waals surface area contributed by atoms with Crippen LogP contribution in [-0.2, 0) is 6.42 Å². The summed E-state index contributed by atoms with van der Waals surface area (Å²) in [5, 5.41) is 15.9. The fourth-order valence-electron chi connectivity index (χ4n) is 3.11. The fourth-order valence-corrected chi connectivity index (χ4v) is 3.11. The molecule has 0 fully saturated rings. The van der Waals surface area contributed by atoms with Gasteiger partial charge in [-0.1, -0.05) is 24.3 Å². The third-order valence-electron chi connectivity index (χ3n) is 4.36. The quantitative estimate of drug-likeness (QED) is 0.812. The molecule has 1 heterocycles. The number of carbonyl (C=O) groups is 1. The Labute approximate surface area is 135 Å². The second-order valence-electron chi connectivity index (χ2n) is 5.97. The number of benzene rings is 1. The Hall–Kier alpha value is -2.27. The van der Waals surface area contributed by atoms with Crippen LogP contribution in [-0.4, -0.2) is 17.7 Å². The summed E-state index contributed by atoms with van der Waals surface area (Å²) >= 11 is 0. The first-order valence-corrected chi connectivity index (χ1v) is 7.99. The molecule has 1 aromatic carbocycles. The summed E-state index contributed by atoms with van der Waals surface area (Å²) in [5.74, 6) is 0.960. The van der Waals surface area contributed by atoms with Crippen LogP contribution in [0.5, 0.6) is 0 Å². The van der Waals surface area contributed by atoms with Crippen molar-refractivity contribution in [3.63, 3.8) is 0 Å². The van der Waals surface area contributed by atoms with Gasteiger partial charge in [0.2, 0.25) is 0 Å². The van der Waals surface area contributed by atoms with E-state index in [0.29, 0.717) is 0 Å². The molecule has 0 radical (unpaired) electrons. The molecule has 0 saturated heterocycles. The summed E-state index contributed by atoms with van der Waals surface area (Å²) in [7, 11) is 0. The number of hydrogen-bond acceptors (Lipinski definition) is 3. The van der Waals surface area contributed by atoms with E-state index in [9.17, 15) is 9.90 Å². The average molecular weight is 314 g/mol. The van der Waals surface area contributed by atoms with Gasteiger partial charge in [0.15, 0.2) is 0 Å². The molecule has 1 aliphatic rings. The summed E-state index contributed by atoms with van der Waals surface area (Å²) in [6, 6.07) is 9.26. The van der Waals surface area contributed by atoms with Crippen LogP contribution in [0.25, 0.3) is 0 Å². The smallest absolute Gasteiger partial charge is 0.315 e. The Morgan fingerprint density at radius 3 is 3.04 bits per heavy atom. The lowest BCUT2D eigenvalue weighted by molar-refractivity contribution is 0.171. The van der Waals surface area contributed by atoms with E-state index < -0.39 is 6.10 Å². The zero-order valence-corrected chi connectivity index (χ0v) is 13.2. The lowest BCUT2D eigenvalue weighted by atomic mass is 9.93. The van der Waals surface area contributed by atoms with Crippen LogP contribution in [0.2, 0.25) is 0 Å². The minimum absolute atomic E-state index is 0.0203. The van der Waals surface area contributed by atoms with Crippen LogP contribution in [0, 0.1) is 6.92 Å². The van der Waals surface area contributed by atoms with Crippen molar-refractivity contribution in [1.29, 1.82) is 0 Å². The van der Waals surface area contributed by atoms with E-state index in [2.05, 4.69) is 10.6 Å². The van der Waals surface area contributed by atoms with Crippen LogP contribution in [0.4, 0.5) is 4.79 Å². The predicted molar refractivity (Wildman–Crippen MR) is 87.1 cm³/mol. The van der Waals surface area contributed by atoms with Gasteiger partial charge in [0.05, 0.1) is 18.4 Å². The third-order valence-corrected chi connectivity index (χ3v) is 4.36. The van der Waals surface area contributed by atoms with Gasteiger partial charge >= 0.3 is 6.03 Å². The van der Waals surface area contributed by atoms with Gasteiger partial charge in [-0.2, -0.15) is 0 Å². The summed E-state index contributed by atoms with van der Waals surface area (Å²) in [4.78, 5) is 12.1. The molecule has 2 atom stereocenters. The van der Waals surface area contributed by atoms with Crippen molar-refractivity contribution in [1.82, 2.24) is 10.6 Å². The molecular weight excluding hydrogens is 292 g/mol. The highest BCUT2D eigenvalue weighted by Gasteiger charge is 2.24. The molecule has 1 aliphatic carbocycles. The summed E-state index contributed by atoms with van der Waals surface area (Å²) in [6.07, 6.45) is 3.79. The molecule has 2 aromatic rings. The number of urea groups is 1. The molecule has 5 nitrogen and oxygen atoms in total. The van der Waals surface area contributed by atoms with Crippen molar-refractivity contribution in [3.8, 4) is 0 Å². The molecule has 0 saturated carbocycles. The van der Waals surface area contributed by atoms with E-state index in [4.69, 9.17) is 4.42 Å². The number of rotatable bonds is 4. The van der Waals surface area contributed by atoms with Gasteiger partial charge in [-0.25, -0.2) is 4.79 Å². The molecule has 3 N–H and O–H groups in total. The largest absolute Gasteiger partial charge is 0.469 e. The average Bonchev–Trinajstić information content (AvgIpc) is 3.03. The maximum Gasteiger partial charge on any atom is 0.315 e. The zero-order chi connectivity index (χ0) is 16.2. The van der Waals surface area contributed by atoms with Crippen LogP contribution >= 0.6 is 0 Å². The van der Waals surface area contributed by atoms with Gasteiger partial charge in [0.25, 0.3) is 0 Å². The van der Waals surface area contributed by atoms with E-state index in [1.165, 1.54) is 0 Å². The van der Waals surface area contributed by atoms with Crippen molar-refractivity contribution in [2.75, 3.05) is 6.54 Å². The molecule has 0 unspecified atom stereocenters. The van der Waals surface area contributed by atoms with Gasteiger partial charge in [-0.3, -0.25) is 0 Å². The standard InChI is InChI=1S/C18H22N2O3/c1-12-5-2-3-6-13(12)16(21)11-19-18(22)20-15-7-4-8-17-14(15)9-10-23-17/h2-3,5-6,9-10,15-16,21H,4,7-8,11H2,1H3,(H2,19,20,22)/t15-,16-/m1/s1. The maximum absolute atomic E-state index is 12.1. The monoisotopic (exact) mass is 314 g/mol. The highest BCUT2D eigenvalue weighted by molar-refractivity contribution is 5.74. The van der Waals surface area contributed by atoms with Crippen LogP contribution in [0.3, 0.4) is 0 Å². The molecule has 0 aliphatic heterocycles. The fraction of sp³-hybridized carbons (Fsp3) is 0.389. The van der Waals surface area contributed by atoms with Crippen molar-refractivity contribution < 1.29 is 14.3 Å². The minimum Gasteiger partial charge on any atom is -0.469 e. The molecule has 3 rings (SSSR count).